The largest absolute Gasteiger partial charge is 0.535 e. The highest BCUT2D eigenvalue weighted by atomic mass is 19.3. The second-order valence-corrected chi connectivity index (χ2v) is 6.73. The van der Waals surface area contributed by atoms with Gasteiger partial charge in [0.1, 0.15) is 11.3 Å². The van der Waals surface area contributed by atoms with Gasteiger partial charge in [-0.25, -0.2) is 9.59 Å². The first-order valence-electron chi connectivity index (χ1n) is 9.51. The fourth-order valence-corrected chi connectivity index (χ4v) is 2.93. The number of carbonyl (C=O) groups is 3. The van der Waals surface area contributed by atoms with Crippen molar-refractivity contribution in [3.8, 4) is 5.75 Å². The van der Waals surface area contributed by atoms with Crippen LogP contribution in [0.25, 0.3) is 0 Å². The lowest BCUT2D eigenvalue weighted by Crippen LogP contribution is -2.38. The van der Waals surface area contributed by atoms with E-state index in [1.54, 1.807) is 13.0 Å². The van der Waals surface area contributed by atoms with Crippen LogP contribution in [0.2, 0.25) is 5.82 Å². The fraction of sp³-hybridized carbons (Fsp3) is 0.526. The van der Waals surface area contributed by atoms with Gasteiger partial charge in [-0.3, -0.25) is 4.79 Å². The maximum atomic E-state index is 13.6. The topological polar surface area (TPSA) is 108 Å². The van der Waals surface area contributed by atoms with Gasteiger partial charge in [0.05, 0.1) is 6.61 Å². The van der Waals surface area contributed by atoms with Crippen molar-refractivity contribution >= 4 is 25.0 Å². The summed E-state index contributed by atoms with van der Waals surface area (Å²) in [6, 6.07) is 4.49. The Morgan fingerprint density at radius 1 is 1.30 bits per heavy atom. The molecule has 30 heavy (non-hydrogen) atoms. The average molecular weight is 428 g/mol. The van der Waals surface area contributed by atoms with Gasteiger partial charge >= 0.3 is 25.2 Å². The lowest BCUT2D eigenvalue weighted by Gasteiger charge is -2.29. The lowest BCUT2D eigenvalue weighted by atomic mass is 9.64. The Morgan fingerprint density at radius 3 is 2.63 bits per heavy atom. The number of esters is 1. The van der Waals surface area contributed by atoms with E-state index in [1.807, 2.05) is 0 Å². The minimum Gasteiger partial charge on any atom is -0.535 e. The van der Waals surface area contributed by atoms with Crippen molar-refractivity contribution in [2.24, 2.45) is 0 Å². The first kappa shape index (κ1) is 23.6. The van der Waals surface area contributed by atoms with Crippen LogP contribution in [0.4, 0.5) is 13.6 Å². The van der Waals surface area contributed by atoms with Gasteiger partial charge in [-0.05, 0) is 25.0 Å². The number of benzene rings is 1. The summed E-state index contributed by atoms with van der Waals surface area (Å²) in [6.07, 6.45) is -3.40. The lowest BCUT2D eigenvalue weighted by molar-refractivity contribution is -0.143. The van der Waals surface area contributed by atoms with Gasteiger partial charge in [0.25, 0.3) is 0 Å². The van der Waals surface area contributed by atoms with Crippen LogP contribution < -0.4 is 4.65 Å². The number of ketones is 1. The number of ether oxygens (including phenoxy) is 3. The van der Waals surface area contributed by atoms with E-state index in [2.05, 4.69) is 4.74 Å². The summed E-state index contributed by atoms with van der Waals surface area (Å²) in [7, 11) is -1.56. The van der Waals surface area contributed by atoms with Crippen LogP contribution in [0.15, 0.2) is 18.2 Å². The van der Waals surface area contributed by atoms with Crippen molar-refractivity contribution in [1.82, 2.24) is 0 Å². The van der Waals surface area contributed by atoms with Crippen molar-refractivity contribution in [1.29, 1.82) is 0 Å². The molecular weight excluding hydrogens is 405 g/mol. The number of hydrogen-bond donors (Lipinski definition) is 1. The molecule has 1 N–H and O–H groups in total. The molecule has 2 atom stereocenters. The molecule has 8 nitrogen and oxygen atoms in total. The van der Waals surface area contributed by atoms with E-state index in [1.165, 1.54) is 26.0 Å². The molecule has 11 heteroatoms. The van der Waals surface area contributed by atoms with E-state index in [9.17, 15) is 28.2 Å². The second-order valence-electron chi connectivity index (χ2n) is 6.73. The van der Waals surface area contributed by atoms with Crippen molar-refractivity contribution < 1.29 is 47.1 Å². The Kier molecular flexibility index (Phi) is 7.77. The number of rotatable bonds is 8. The van der Waals surface area contributed by atoms with Crippen molar-refractivity contribution in [3.63, 3.8) is 0 Å². The molecule has 1 aliphatic heterocycles. The summed E-state index contributed by atoms with van der Waals surface area (Å²) in [4.78, 5) is 35.5. The van der Waals surface area contributed by atoms with Crippen LogP contribution in [0.1, 0.15) is 49.5 Å². The van der Waals surface area contributed by atoms with Gasteiger partial charge in [-0.1, -0.05) is 19.1 Å². The Bertz CT molecular complexity index is 801. The van der Waals surface area contributed by atoms with Gasteiger partial charge in [-0.2, -0.15) is 8.78 Å². The minimum atomic E-state index is -3.47. The molecule has 1 heterocycles. The third-order valence-electron chi connectivity index (χ3n) is 4.54. The zero-order valence-electron chi connectivity index (χ0n) is 16.9. The van der Waals surface area contributed by atoms with Crippen LogP contribution in [-0.4, -0.2) is 48.9 Å². The molecule has 0 aliphatic carbocycles. The summed E-state index contributed by atoms with van der Waals surface area (Å²) in [5.74, 6) is -6.51. The zero-order chi connectivity index (χ0) is 22.5. The number of hydrogen-bond acceptors (Lipinski definition) is 8. The Hall–Kier alpha value is -2.69. The smallest absolute Gasteiger partial charge is 0.526 e. The van der Waals surface area contributed by atoms with E-state index in [0.717, 1.165) is 0 Å². The molecule has 2 rings (SSSR count). The maximum Gasteiger partial charge on any atom is 0.526 e. The average Bonchev–Trinajstić information content (AvgIpc) is 2.67. The quantitative estimate of drug-likeness (QED) is 0.382. The van der Waals surface area contributed by atoms with Crippen molar-refractivity contribution in [3.05, 3.63) is 29.3 Å². The van der Waals surface area contributed by atoms with Crippen molar-refractivity contribution in [2.45, 2.75) is 58.1 Å². The van der Waals surface area contributed by atoms with E-state index >= 15 is 0 Å². The molecule has 0 fully saturated rings. The molecule has 1 unspecified atom stereocenters. The number of alkyl halides is 2. The summed E-state index contributed by atoms with van der Waals surface area (Å²) in [5, 5.41) is 10.2. The van der Waals surface area contributed by atoms with E-state index < -0.39 is 55.9 Å². The molecule has 164 valence electrons. The van der Waals surface area contributed by atoms with Gasteiger partial charge in [0.15, 0.2) is 0 Å². The van der Waals surface area contributed by atoms with Gasteiger partial charge < -0.3 is 23.9 Å². The maximum absolute atomic E-state index is 13.6. The van der Waals surface area contributed by atoms with E-state index in [4.69, 9.17) is 14.1 Å². The van der Waals surface area contributed by atoms with Gasteiger partial charge in [-0.15, -0.1) is 0 Å². The molecule has 0 aromatic heterocycles. The number of fused-ring (bicyclic) bond motifs is 1. The minimum absolute atomic E-state index is 0.0179. The highest BCUT2D eigenvalue weighted by molar-refractivity contribution is 6.47. The fourth-order valence-electron chi connectivity index (χ4n) is 2.93. The molecule has 0 bridgehead atoms. The standard InChI is InChI=1S/C19H23BF2O8/c1-4-19(21,22)15(23)10-13-9-12-7-6-8-14(16(12)30-20(13)26)17(24)28-11(3)29-18(25)27-5-2/h6-8,11,13,26H,4-5,9-10H2,1-3H3/t11?,13-/m1/s1. The molecule has 0 amide bonds. The Morgan fingerprint density at radius 2 is 2.00 bits per heavy atom. The Labute approximate surface area is 172 Å². The molecule has 1 aliphatic rings. The third kappa shape index (κ3) is 5.68. The number of para-hydroxylation sites is 1. The van der Waals surface area contributed by atoms with Gasteiger partial charge in [0.2, 0.25) is 12.1 Å². The third-order valence-corrected chi connectivity index (χ3v) is 4.54. The first-order valence-corrected chi connectivity index (χ1v) is 9.51. The summed E-state index contributed by atoms with van der Waals surface area (Å²) < 4.78 is 46.9. The number of Topliss-reactive ketones (excluding diaryl/α,β-unsaturated/α-hetero) is 1. The highest BCUT2D eigenvalue weighted by Crippen LogP contribution is 2.38. The summed E-state index contributed by atoms with van der Waals surface area (Å²) in [5.41, 5.74) is 0.404. The second kappa shape index (κ2) is 9.88. The monoisotopic (exact) mass is 428 g/mol. The first-order chi connectivity index (χ1) is 14.1. The van der Waals surface area contributed by atoms with Gasteiger partial charge in [0, 0.05) is 25.6 Å². The molecular formula is C19H23BF2O8. The molecule has 1 aromatic carbocycles. The van der Waals surface area contributed by atoms with E-state index in [0.29, 0.717) is 5.56 Å². The Balaban J connectivity index is 2.11. The molecule has 0 radical (unpaired) electrons. The predicted octanol–water partition coefficient (Wildman–Crippen LogP) is 3.15. The number of carbonyl (C=O) groups excluding carboxylic acids is 3. The zero-order valence-corrected chi connectivity index (χ0v) is 16.9. The molecule has 0 saturated heterocycles. The van der Waals surface area contributed by atoms with Crippen molar-refractivity contribution in [2.75, 3.05) is 6.61 Å². The van der Waals surface area contributed by atoms with Crippen LogP contribution in [0, 0.1) is 0 Å². The van der Waals surface area contributed by atoms with Crippen LogP contribution in [-0.2, 0) is 25.4 Å². The predicted molar refractivity (Wildman–Crippen MR) is 100 cm³/mol. The summed E-state index contributed by atoms with van der Waals surface area (Å²) >= 11 is 0. The molecule has 0 spiro atoms. The summed E-state index contributed by atoms with van der Waals surface area (Å²) in [6.45, 7) is 4.19. The van der Waals surface area contributed by atoms with Crippen LogP contribution in [0.3, 0.4) is 0 Å². The van der Waals surface area contributed by atoms with Crippen LogP contribution >= 0.6 is 0 Å². The molecule has 1 aromatic rings. The SMILES string of the molecule is CCOC(=O)OC(C)OC(=O)c1cccc2c1OB(O)[C@@H](CC(=O)C(F)(F)CC)C2. The normalized spacial score (nSPS) is 16.7. The highest BCUT2D eigenvalue weighted by Gasteiger charge is 2.43. The van der Waals surface area contributed by atoms with E-state index in [-0.39, 0.29) is 24.3 Å². The van der Waals surface area contributed by atoms with Crippen LogP contribution in [0.5, 0.6) is 5.75 Å². The number of halogens is 2. The molecule has 0 saturated carbocycles.